The first-order valence-corrected chi connectivity index (χ1v) is 8.60. The van der Waals surface area contributed by atoms with Gasteiger partial charge in [0.25, 0.3) is 5.91 Å². The molecule has 0 saturated heterocycles. The van der Waals surface area contributed by atoms with Crippen LogP contribution in [0.25, 0.3) is 16.7 Å². The van der Waals surface area contributed by atoms with Crippen LogP contribution in [0.1, 0.15) is 29.1 Å². The predicted molar refractivity (Wildman–Crippen MR) is 98.3 cm³/mol. The Hall–Kier alpha value is -3.33. The van der Waals surface area contributed by atoms with Crippen LogP contribution in [0.3, 0.4) is 0 Å². The highest BCUT2D eigenvalue weighted by Crippen LogP contribution is 2.21. The molecule has 0 radical (unpaired) electrons. The topological polar surface area (TPSA) is 99.2 Å². The SMILES string of the molecule is COCCn1c([C@H](C)NC(=O)c2ccn3nnnc3c2)nc2ccccc21. The van der Waals surface area contributed by atoms with E-state index in [1.165, 1.54) is 4.52 Å². The van der Waals surface area contributed by atoms with E-state index in [1.807, 2.05) is 31.2 Å². The number of hydrogen-bond acceptors (Lipinski definition) is 6. The summed E-state index contributed by atoms with van der Waals surface area (Å²) >= 11 is 0. The number of tetrazole rings is 1. The lowest BCUT2D eigenvalue weighted by molar-refractivity contribution is 0.0937. The van der Waals surface area contributed by atoms with Gasteiger partial charge in [0.1, 0.15) is 5.82 Å². The lowest BCUT2D eigenvalue weighted by Crippen LogP contribution is -2.29. The van der Waals surface area contributed by atoms with Gasteiger partial charge in [0, 0.05) is 25.4 Å². The number of imidazole rings is 1. The average Bonchev–Trinajstić information content (AvgIpc) is 3.30. The van der Waals surface area contributed by atoms with E-state index in [0.717, 1.165) is 16.9 Å². The summed E-state index contributed by atoms with van der Waals surface area (Å²) in [5.74, 6) is 0.574. The first kappa shape index (κ1) is 17.1. The summed E-state index contributed by atoms with van der Waals surface area (Å²) in [5.41, 5.74) is 2.91. The molecule has 138 valence electrons. The fraction of sp³-hybridized carbons (Fsp3) is 0.278. The largest absolute Gasteiger partial charge is 0.383 e. The minimum atomic E-state index is -0.283. The van der Waals surface area contributed by atoms with Crippen molar-refractivity contribution in [2.75, 3.05) is 13.7 Å². The van der Waals surface area contributed by atoms with Crippen molar-refractivity contribution in [2.45, 2.75) is 19.5 Å². The summed E-state index contributed by atoms with van der Waals surface area (Å²) < 4.78 is 8.81. The van der Waals surface area contributed by atoms with Crippen molar-refractivity contribution in [3.05, 3.63) is 54.0 Å². The van der Waals surface area contributed by atoms with Gasteiger partial charge in [-0.1, -0.05) is 12.1 Å². The monoisotopic (exact) mass is 365 g/mol. The Labute approximate surface area is 155 Å². The number of fused-ring (bicyclic) bond motifs is 2. The second kappa shape index (κ2) is 7.12. The molecule has 4 rings (SSSR count). The Balaban J connectivity index is 1.61. The first-order chi connectivity index (χ1) is 13.2. The lowest BCUT2D eigenvalue weighted by Gasteiger charge is -2.16. The molecule has 3 aromatic heterocycles. The third kappa shape index (κ3) is 3.24. The number of pyridine rings is 1. The molecule has 0 unspecified atom stereocenters. The number of amides is 1. The maximum absolute atomic E-state index is 12.7. The number of nitrogens with one attached hydrogen (secondary N) is 1. The van der Waals surface area contributed by atoms with Gasteiger partial charge >= 0.3 is 0 Å². The quantitative estimate of drug-likeness (QED) is 0.557. The molecule has 0 spiro atoms. The number of methoxy groups -OCH3 is 1. The van der Waals surface area contributed by atoms with Crippen molar-refractivity contribution in [1.82, 2.24) is 34.9 Å². The van der Waals surface area contributed by atoms with Crippen LogP contribution in [0.5, 0.6) is 0 Å². The number of carbonyl (C=O) groups is 1. The van der Waals surface area contributed by atoms with Gasteiger partial charge in [-0.05, 0) is 41.6 Å². The molecule has 1 atom stereocenters. The second-order valence-corrected chi connectivity index (χ2v) is 6.20. The van der Waals surface area contributed by atoms with Gasteiger partial charge in [-0.3, -0.25) is 4.79 Å². The number of hydrogen-bond donors (Lipinski definition) is 1. The highest BCUT2D eigenvalue weighted by atomic mass is 16.5. The summed E-state index contributed by atoms with van der Waals surface area (Å²) in [4.78, 5) is 17.4. The number of carbonyl (C=O) groups excluding carboxylic acids is 1. The molecule has 1 amide bonds. The highest BCUT2D eigenvalue weighted by Gasteiger charge is 2.19. The first-order valence-electron chi connectivity index (χ1n) is 8.60. The maximum atomic E-state index is 12.7. The zero-order chi connectivity index (χ0) is 18.8. The molecule has 0 bridgehead atoms. The van der Waals surface area contributed by atoms with E-state index < -0.39 is 0 Å². The van der Waals surface area contributed by atoms with Crippen LogP contribution in [0.4, 0.5) is 0 Å². The molecule has 1 aromatic carbocycles. The van der Waals surface area contributed by atoms with Crippen molar-refractivity contribution in [1.29, 1.82) is 0 Å². The Morgan fingerprint density at radius 2 is 2.15 bits per heavy atom. The van der Waals surface area contributed by atoms with E-state index in [4.69, 9.17) is 9.72 Å². The van der Waals surface area contributed by atoms with Crippen LogP contribution in [0.2, 0.25) is 0 Å². The van der Waals surface area contributed by atoms with Crippen molar-refractivity contribution < 1.29 is 9.53 Å². The van der Waals surface area contributed by atoms with E-state index in [9.17, 15) is 4.79 Å². The smallest absolute Gasteiger partial charge is 0.252 e. The van der Waals surface area contributed by atoms with Gasteiger partial charge in [-0.2, -0.15) is 0 Å². The zero-order valence-corrected chi connectivity index (χ0v) is 15.0. The standard InChI is InChI=1S/C18H19N7O2/c1-12(19-18(26)13-7-8-25-16(11-13)21-22-23-25)17-20-14-5-3-4-6-15(14)24(17)9-10-27-2/h3-8,11-12H,9-10H2,1-2H3,(H,19,26)/t12-/m0/s1. The second-order valence-electron chi connectivity index (χ2n) is 6.20. The zero-order valence-electron chi connectivity index (χ0n) is 15.0. The van der Waals surface area contributed by atoms with E-state index in [-0.39, 0.29) is 11.9 Å². The van der Waals surface area contributed by atoms with Crippen LogP contribution in [0.15, 0.2) is 42.6 Å². The number of aromatic nitrogens is 6. The van der Waals surface area contributed by atoms with E-state index in [1.54, 1.807) is 25.4 Å². The molecule has 0 aliphatic heterocycles. The van der Waals surface area contributed by atoms with Gasteiger partial charge in [-0.15, -0.1) is 5.10 Å². The van der Waals surface area contributed by atoms with Crippen molar-refractivity contribution in [3.63, 3.8) is 0 Å². The number of ether oxygens (including phenoxy) is 1. The molecule has 9 heteroatoms. The minimum Gasteiger partial charge on any atom is -0.383 e. The van der Waals surface area contributed by atoms with Crippen LogP contribution in [-0.2, 0) is 11.3 Å². The van der Waals surface area contributed by atoms with Gasteiger partial charge < -0.3 is 14.6 Å². The molecule has 3 heterocycles. The fourth-order valence-electron chi connectivity index (χ4n) is 3.07. The average molecular weight is 365 g/mol. The molecule has 0 aliphatic carbocycles. The Morgan fingerprint density at radius 3 is 3.00 bits per heavy atom. The highest BCUT2D eigenvalue weighted by molar-refractivity contribution is 5.95. The predicted octanol–water partition coefficient (Wildman–Crippen LogP) is 1.61. The van der Waals surface area contributed by atoms with Crippen LogP contribution in [0, 0.1) is 0 Å². The molecule has 0 saturated carbocycles. The normalized spacial score (nSPS) is 12.5. The molecule has 1 N–H and O–H groups in total. The summed E-state index contributed by atoms with van der Waals surface area (Å²) in [6.45, 7) is 3.13. The summed E-state index contributed by atoms with van der Waals surface area (Å²) in [6, 6.07) is 10.9. The third-order valence-corrected chi connectivity index (χ3v) is 4.40. The van der Waals surface area contributed by atoms with Gasteiger partial charge in [0.15, 0.2) is 5.65 Å². The van der Waals surface area contributed by atoms with Gasteiger partial charge in [0.2, 0.25) is 0 Å². The van der Waals surface area contributed by atoms with Crippen LogP contribution in [-0.4, -0.2) is 49.2 Å². The Kier molecular flexibility index (Phi) is 4.51. The minimum absolute atomic E-state index is 0.210. The van der Waals surface area contributed by atoms with Crippen molar-refractivity contribution in [3.8, 4) is 0 Å². The molecular formula is C18H19N7O2. The summed E-state index contributed by atoms with van der Waals surface area (Å²) in [7, 11) is 1.67. The third-order valence-electron chi connectivity index (χ3n) is 4.40. The van der Waals surface area contributed by atoms with Crippen LogP contribution >= 0.6 is 0 Å². The summed E-state index contributed by atoms with van der Waals surface area (Å²) in [5, 5.41) is 14.2. The fourth-order valence-corrected chi connectivity index (χ4v) is 3.07. The number of benzene rings is 1. The molecule has 0 fully saturated rings. The van der Waals surface area contributed by atoms with Crippen molar-refractivity contribution >= 4 is 22.6 Å². The molecule has 9 nitrogen and oxygen atoms in total. The molecule has 4 aromatic rings. The van der Waals surface area contributed by atoms with Crippen molar-refractivity contribution in [2.24, 2.45) is 0 Å². The maximum Gasteiger partial charge on any atom is 0.252 e. The number of nitrogens with zero attached hydrogens (tertiary/aromatic N) is 6. The molecule has 27 heavy (non-hydrogen) atoms. The Morgan fingerprint density at radius 1 is 1.30 bits per heavy atom. The Bertz CT molecular complexity index is 1100. The molecule has 0 aliphatic rings. The van der Waals surface area contributed by atoms with Gasteiger partial charge in [-0.25, -0.2) is 9.50 Å². The van der Waals surface area contributed by atoms with E-state index in [0.29, 0.717) is 24.4 Å². The lowest BCUT2D eigenvalue weighted by atomic mass is 10.2. The van der Waals surface area contributed by atoms with Crippen LogP contribution < -0.4 is 5.32 Å². The summed E-state index contributed by atoms with van der Waals surface area (Å²) in [6.07, 6.45) is 1.66. The number of rotatable bonds is 6. The number of para-hydroxylation sites is 2. The van der Waals surface area contributed by atoms with Gasteiger partial charge in [0.05, 0.1) is 23.7 Å². The van der Waals surface area contributed by atoms with E-state index >= 15 is 0 Å². The van der Waals surface area contributed by atoms with E-state index in [2.05, 4.69) is 25.4 Å². The molecular weight excluding hydrogens is 346 g/mol.